The average molecular weight is 219 g/mol. The first-order valence-corrected chi connectivity index (χ1v) is 5.16. The summed E-state index contributed by atoms with van der Waals surface area (Å²) >= 11 is 0. The van der Waals surface area contributed by atoms with E-state index in [0.29, 0.717) is 0 Å². The van der Waals surface area contributed by atoms with Crippen LogP contribution in [0.4, 0.5) is 0 Å². The van der Waals surface area contributed by atoms with Crippen LogP contribution in [0, 0.1) is 18.4 Å². The Hall–Kier alpha value is -1.92. The first kappa shape index (κ1) is 14.1. The Bertz CT molecular complexity index is 393. The van der Waals surface area contributed by atoms with E-state index in [4.69, 9.17) is 10.7 Å². The largest absolute Gasteiger partial charge is 0.422 e. The highest BCUT2D eigenvalue weighted by atomic mass is 15.1. The number of hydrogen-bond donors (Lipinski definition) is 0. The zero-order valence-electron chi connectivity index (χ0n) is 10.0. The molecule has 0 aliphatic heterocycles. The Balaban J connectivity index is 0.000000385. The van der Waals surface area contributed by atoms with E-state index in [-0.39, 0.29) is 0 Å². The molecule has 0 amide bonds. The molecule has 0 atom stereocenters. The fraction of sp³-hybridized carbons (Fsp3) is 0.545. The maximum Gasteiger partial charge on any atom is 0.253 e. The highest BCUT2D eigenvalue weighted by molar-refractivity contribution is 5.46. The van der Waals surface area contributed by atoms with Crippen molar-refractivity contribution in [3.05, 3.63) is 23.6 Å². The van der Waals surface area contributed by atoms with Crippen LogP contribution in [0.15, 0.2) is 17.4 Å². The summed E-state index contributed by atoms with van der Waals surface area (Å²) in [7, 11) is 2.08. The fourth-order valence-electron chi connectivity index (χ4n) is 1.19. The number of rotatable bonds is 3. The minimum atomic E-state index is 1.16. The zero-order valence-corrected chi connectivity index (χ0v) is 10.0. The van der Waals surface area contributed by atoms with Gasteiger partial charge in [-0.15, -0.1) is 6.01 Å². The van der Waals surface area contributed by atoms with Crippen molar-refractivity contribution in [1.82, 2.24) is 4.57 Å². The van der Waals surface area contributed by atoms with Crippen LogP contribution >= 0.6 is 0 Å². The topological polar surface area (TPSA) is 67.3 Å². The standard InChI is InChI=1S/C9H17N2.C2N3/c1-4-5-6-11-8-7-10(3)9(11)2;3-1-5-2-4/h7-8H,4-6H2,1-3H3;/q+1;-1. The van der Waals surface area contributed by atoms with Crippen LogP contribution < -0.4 is 4.57 Å². The van der Waals surface area contributed by atoms with E-state index in [9.17, 15) is 0 Å². The van der Waals surface area contributed by atoms with Gasteiger partial charge < -0.3 is 10.4 Å². The van der Waals surface area contributed by atoms with E-state index in [0.717, 1.165) is 6.54 Å². The van der Waals surface area contributed by atoms with Crippen molar-refractivity contribution in [2.45, 2.75) is 33.2 Å². The number of aryl methyl sites for hydroxylation is 2. The van der Waals surface area contributed by atoms with E-state index in [2.05, 4.69) is 47.4 Å². The summed E-state index contributed by atoms with van der Waals surface area (Å²) in [6.45, 7) is 5.53. The van der Waals surface area contributed by atoms with Crippen LogP contribution in [0.3, 0.4) is 0 Å². The molecule has 16 heavy (non-hydrogen) atoms. The molecule has 0 bridgehead atoms. The van der Waals surface area contributed by atoms with Gasteiger partial charge in [-0.1, -0.05) is 13.3 Å². The van der Waals surface area contributed by atoms with Gasteiger partial charge in [0.15, 0.2) is 0 Å². The molecular formula is C11H17N5. The predicted molar refractivity (Wildman–Crippen MR) is 61.7 cm³/mol. The van der Waals surface area contributed by atoms with Crippen molar-refractivity contribution in [3.8, 4) is 6.19 Å². The maximum atomic E-state index is 7.43. The molecule has 1 aromatic heterocycles. The molecule has 1 rings (SSSR count). The van der Waals surface area contributed by atoms with Crippen molar-refractivity contribution in [2.24, 2.45) is 12.0 Å². The van der Waals surface area contributed by atoms with E-state index >= 15 is 0 Å². The highest BCUT2D eigenvalue weighted by Crippen LogP contribution is 1.96. The molecule has 1 aromatic rings. The molecular weight excluding hydrogens is 202 g/mol. The van der Waals surface area contributed by atoms with Gasteiger partial charge in [0.1, 0.15) is 12.4 Å². The summed E-state index contributed by atoms with van der Waals surface area (Å²) in [6.07, 6.45) is 8.07. The third-order valence-corrected chi connectivity index (χ3v) is 2.25. The molecule has 0 N–H and O–H groups in total. The first-order valence-electron chi connectivity index (χ1n) is 5.16. The quantitative estimate of drug-likeness (QED) is 0.433. The van der Waals surface area contributed by atoms with Crippen molar-refractivity contribution in [1.29, 1.82) is 5.26 Å². The summed E-state index contributed by atoms with van der Waals surface area (Å²) in [5.74, 6) is 1.33. The van der Waals surface area contributed by atoms with Gasteiger partial charge >= 0.3 is 0 Å². The van der Waals surface area contributed by atoms with E-state index < -0.39 is 0 Å². The molecule has 0 aliphatic carbocycles. The molecule has 5 nitrogen and oxygen atoms in total. The van der Waals surface area contributed by atoms with Gasteiger partial charge in [-0.25, -0.2) is 9.13 Å². The van der Waals surface area contributed by atoms with E-state index in [1.165, 1.54) is 30.9 Å². The number of hydrogen-bond acceptors (Lipinski definition) is 2. The lowest BCUT2D eigenvalue weighted by molar-refractivity contribution is -0.677. The number of aromatic nitrogens is 2. The van der Waals surface area contributed by atoms with Crippen molar-refractivity contribution < 1.29 is 4.57 Å². The van der Waals surface area contributed by atoms with E-state index in [1.54, 1.807) is 0 Å². The molecule has 0 unspecified atom stereocenters. The van der Waals surface area contributed by atoms with Crippen LogP contribution in [0.5, 0.6) is 0 Å². The lowest BCUT2D eigenvalue weighted by Crippen LogP contribution is -2.29. The van der Waals surface area contributed by atoms with Crippen LogP contribution in [-0.2, 0) is 13.6 Å². The number of unbranched alkanes of at least 4 members (excludes halogenated alkanes) is 1. The van der Waals surface area contributed by atoms with Crippen LogP contribution in [-0.4, -0.2) is 10.6 Å². The summed E-state index contributed by atoms with van der Waals surface area (Å²) in [6, 6.07) is 1.28. The molecule has 0 aromatic carbocycles. The predicted octanol–water partition coefficient (Wildman–Crippen LogP) is 1.63. The van der Waals surface area contributed by atoms with Gasteiger partial charge in [-0.2, -0.15) is 5.26 Å². The number of nitrogens with zero attached hydrogens (tertiary/aromatic N) is 5. The van der Waals surface area contributed by atoms with Gasteiger partial charge in [-0.3, -0.25) is 0 Å². The van der Waals surface area contributed by atoms with Gasteiger partial charge in [0.05, 0.1) is 19.8 Å². The zero-order chi connectivity index (χ0) is 12.4. The summed E-state index contributed by atoms with van der Waals surface area (Å²) in [4.78, 5) is 2.58. The normalized spacial score (nSPS) is 8.38. The smallest absolute Gasteiger partial charge is 0.253 e. The Morgan fingerprint density at radius 3 is 2.62 bits per heavy atom. The lowest BCUT2D eigenvalue weighted by Gasteiger charge is -1.95. The third-order valence-electron chi connectivity index (χ3n) is 2.25. The van der Waals surface area contributed by atoms with Crippen LogP contribution in [0.25, 0.3) is 5.41 Å². The summed E-state index contributed by atoms with van der Waals surface area (Å²) in [5, 5.41) is 14.9. The Morgan fingerprint density at radius 1 is 1.62 bits per heavy atom. The fourth-order valence-corrected chi connectivity index (χ4v) is 1.19. The summed E-state index contributed by atoms with van der Waals surface area (Å²) in [5.41, 5.74) is 0. The van der Waals surface area contributed by atoms with E-state index in [1.807, 2.05) is 0 Å². The van der Waals surface area contributed by atoms with Gasteiger partial charge in [0, 0.05) is 6.92 Å². The molecule has 5 heteroatoms. The van der Waals surface area contributed by atoms with Crippen LogP contribution in [0.2, 0.25) is 0 Å². The third kappa shape index (κ3) is 5.08. The molecule has 0 aliphatic rings. The van der Waals surface area contributed by atoms with Gasteiger partial charge in [0.2, 0.25) is 0 Å². The molecule has 0 saturated carbocycles. The Morgan fingerprint density at radius 2 is 2.31 bits per heavy atom. The maximum absolute atomic E-state index is 7.43. The van der Waals surface area contributed by atoms with Crippen molar-refractivity contribution in [2.75, 3.05) is 0 Å². The number of nitriles is 1. The van der Waals surface area contributed by atoms with Gasteiger partial charge in [0.25, 0.3) is 5.82 Å². The average Bonchev–Trinajstić information content (AvgIpc) is 2.59. The second kappa shape index (κ2) is 8.39. The van der Waals surface area contributed by atoms with Crippen molar-refractivity contribution in [3.63, 3.8) is 0 Å². The number of imidazole rings is 1. The second-order valence-electron chi connectivity index (χ2n) is 3.32. The monoisotopic (exact) mass is 219 g/mol. The summed E-state index contributed by atoms with van der Waals surface area (Å²) < 4.78 is 4.44. The van der Waals surface area contributed by atoms with Crippen LogP contribution in [0.1, 0.15) is 25.6 Å². The lowest BCUT2D eigenvalue weighted by atomic mass is 10.3. The Labute approximate surface area is 96.2 Å². The number of aliphatic imine (C=N–C) groups is 1. The molecule has 86 valence electrons. The SMILES string of the molecule is CCCCn1cc[n+](C)c1C.N#CN=C=[N-]. The molecule has 1 heterocycles. The molecule has 0 radical (unpaired) electrons. The minimum absolute atomic E-state index is 1.16. The molecule has 0 spiro atoms. The minimum Gasteiger partial charge on any atom is -0.422 e. The first-order chi connectivity index (χ1) is 7.67. The second-order valence-corrected chi connectivity index (χ2v) is 3.32. The van der Waals surface area contributed by atoms with Crippen molar-refractivity contribution >= 4 is 6.01 Å². The molecule has 0 fully saturated rings. The Kier molecular flexibility index (Phi) is 7.39. The molecule has 0 saturated heterocycles. The highest BCUT2D eigenvalue weighted by Gasteiger charge is 2.06. The van der Waals surface area contributed by atoms with Gasteiger partial charge in [-0.05, 0) is 6.42 Å².